The quantitative estimate of drug-likeness (QED) is 0.0800. The number of methoxy groups -OCH3 is 2. The van der Waals surface area contributed by atoms with Crippen molar-refractivity contribution in [2.24, 2.45) is 0 Å². The summed E-state index contributed by atoms with van der Waals surface area (Å²) in [6.07, 6.45) is 6.22. The van der Waals surface area contributed by atoms with Crippen molar-refractivity contribution in [3.63, 3.8) is 0 Å². The number of rotatable bonds is 12. The minimum Gasteiger partial charge on any atom is -0.453 e. The number of nitrogens with zero attached hydrogens (tertiary/aromatic N) is 4. The number of hydrogen-bond donors (Lipinski definition) is 5. The number of nitrogens with one attached hydrogen (secondary N) is 5. The van der Waals surface area contributed by atoms with Crippen molar-refractivity contribution in [1.82, 2.24) is 45.4 Å². The van der Waals surface area contributed by atoms with Gasteiger partial charge >= 0.3 is 12.2 Å². The van der Waals surface area contributed by atoms with Gasteiger partial charge in [-0.05, 0) is 95.5 Å². The molecule has 6 heterocycles. The van der Waals surface area contributed by atoms with Gasteiger partial charge in [0.1, 0.15) is 17.9 Å². The third-order valence-electron chi connectivity index (χ3n) is 14.2. The van der Waals surface area contributed by atoms with Gasteiger partial charge in [0.25, 0.3) is 0 Å². The van der Waals surface area contributed by atoms with Gasteiger partial charge in [0.2, 0.25) is 11.8 Å². The van der Waals surface area contributed by atoms with Crippen LogP contribution in [0.15, 0.2) is 134 Å². The van der Waals surface area contributed by atoms with Crippen LogP contribution in [0.4, 0.5) is 9.59 Å². The van der Waals surface area contributed by atoms with Gasteiger partial charge in [-0.25, -0.2) is 14.6 Å². The Morgan fingerprint density at radius 3 is 1.72 bits per heavy atom. The minimum absolute atomic E-state index is 0.170. The molecule has 0 bridgehead atoms. The first-order valence-electron chi connectivity index (χ1n) is 24.1. The van der Waals surface area contributed by atoms with Crippen molar-refractivity contribution in [1.29, 1.82) is 0 Å². The predicted octanol–water partition coefficient (Wildman–Crippen LogP) is 9.67. The average Bonchev–Trinajstić information content (AvgIpc) is 4.28. The molecule has 4 amide bonds. The van der Waals surface area contributed by atoms with E-state index in [0.717, 1.165) is 109 Å². The van der Waals surface area contributed by atoms with Crippen LogP contribution in [0.1, 0.15) is 60.4 Å². The van der Waals surface area contributed by atoms with Crippen LogP contribution in [-0.4, -0.2) is 98.1 Å². The molecule has 4 aromatic heterocycles. The molecule has 5 N–H and O–H groups in total. The van der Waals surface area contributed by atoms with Gasteiger partial charge in [-0.3, -0.25) is 14.6 Å². The number of para-hydroxylation sites is 2. The highest BCUT2D eigenvalue weighted by molar-refractivity contribution is 5.91. The Labute approximate surface area is 409 Å². The molecule has 0 spiro atoms. The summed E-state index contributed by atoms with van der Waals surface area (Å²) in [5, 5.41) is 8.62. The van der Waals surface area contributed by atoms with E-state index in [4.69, 9.17) is 19.4 Å². The van der Waals surface area contributed by atoms with Crippen LogP contribution >= 0.6 is 0 Å². The third-order valence-corrected chi connectivity index (χ3v) is 14.2. The Kier molecular flexibility index (Phi) is 12.1. The van der Waals surface area contributed by atoms with E-state index in [2.05, 4.69) is 86.2 Å². The number of fused-ring (bicyclic) bond motifs is 4. The Balaban J connectivity index is 0.795. The molecule has 0 radical (unpaired) electrons. The summed E-state index contributed by atoms with van der Waals surface area (Å²) in [7, 11) is 2.60. The molecular weight excluding hydrogens is 895 g/mol. The maximum absolute atomic E-state index is 14.3. The second kappa shape index (κ2) is 19.1. The highest BCUT2D eigenvalue weighted by Gasteiger charge is 2.38. The molecular formula is C56H53N9O6. The largest absolute Gasteiger partial charge is 0.453 e. The number of carbonyl (C=O) groups excluding carboxylic acids is 4. The Bertz CT molecular complexity index is 3470. The number of hydrogen-bond acceptors (Lipinski definition) is 8. The number of imidazole rings is 1. The van der Waals surface area contributed by atoms with Crippen LogP contribution < -0.4 is 10.6 Å². The zero-order valence-electron chi connectivity index (χ0n) is 39.4. The first-order valence-corrected chi connectivity index (χ1v) is 24.1. The number of ether oxygens (including phenoxy) is 2. The Morgan fingerprint density at radius 2 is 1.11 bits per heavy atom. The second-order valence-corrected chi connectivity index (χ2v) is 18.5. The van der Waals surface area contributed by atoms with Crippen LogP contribution in [0.3, 0.4) is 0 Å². The summed E-state index contributed by atoms with van der Waals surface area (Å²) in [6.45, 7) is 1.11. The lowest BCUT2D eigenvalue weighted by Crippen LogP contribution is -2.49. The molecule has 2 saturated heterocycles. The minimum atomic E-state index is -0.829. The SMILES string of the molecule is COC(=O)NC(Cc1c[nH]c2ccccc12)C(=O)N1CCCC1c1ccc2ccc(-c3ccc(-c4ccc5nc(C6CCCN6C(=O)C(Cc6c[nH]c7ccccc67)NC(=O)OC)[nH]c5c4)cc3)cc2n1. The van der Waals surface area contributed by atoms with Crippen LogP contribution in [0.25, 0.3) is 66.0 Å². The topological polar surface area (TPSA) is 190 Å². The maximum Gasteiger partial charge on any atom is 0.407 e. The van der Waals surface area contributed by atoms with Gasteiger partial charge in [-0.2, -0.15) is 0 Å². The summed E-state index contributed by atoms with van der Waals surface area (Å²) in [5.41, 5.74) is 11.2. The summed E-state index contributed by atoms with van der Waals surface area (Å²) in [5.74, 6) is 0.359. The molecule has 0 saturated carbocycles. The molecule has 15 heteroatoms. The fraction of sp³-hybridized carbons (Fsp3) is 0.250. The lowest BCUT2D eigenvalue weighted by atomic mass is 9.99. The van der Waals surface area contributed by atoms with E-state index in [0.29, 0.717) is 31.8 Å². The molecule has 5 aromatic carbocycles. The molecule has 11 rings (SSSR count). The highest BCUT2D eigenvalue weighted by atomic mass is 16.5. The average molecular weight is 948 g/mol. The first kappa shape index (κ1) is 45.0. The van der Waals surface area contributed by atoms with Crippen molar-refractivity contribution in [3.8, 4) is 22.3 Å². The number of pyridine rings is 1. The van der Waals surface area contributed by atoms with Crippen molar-refractivity contribution >= 4 is 67.7 Å². The molecule has 9 aromatic rings. The number of carbonyl (C=O) groups is 4. The normalized spacial score (nSPS) is 16.7. The number of aromatic amines is 3. The van der Waals surface area contributed by atoms with E-state index in [-0.39, 0.29) is 23.9 Å². The lowest BCUT2D eigenvalue weighted by Gasteiger charge is -2.29. The van der Waals surface area contributed by atoms with E-state index in [1.165, 1.54) is 14.2 Å². The van der Waals surface area contributed by atoms with Gasteiger partial charge in [-0.1, -0.05) is 84.9 Å². The zero-order chi connectivity index (χ0) is 48.6. The van der Waals surface area contributed by atoms with Gasteiger partial charge in [0, 0.05) is 65.5 Å². The van der Waals surface area contributed by atoms with Gasteiger partial charge in [0.05, 0.1) is 48.5 Å². The maximum atomic E-state index is 14.3. The molecule has 2 aliphatic rings. The molecule has 2 fully saturated rings. The van der Waals surface area contributed by atoms with Crippen LogP contribution in [-0.2, 0) is 31.9 Å². The lowest BCUT2D eigenvalue weighted by molar-refractivity contribution is -0.135. The van der Waals surface area contributed by atoms with Gasteiger partial charge in [-0.15, -0.1) is 0 Å². The van der Waals surface area contributed by atoms with Crippen molar-refractivity contribution < 1.29 is 28.7 Å². The monoisotopic (exact) mass is 947 g/mol. The third kappa shape index (κ3) is 8.90. The van der Waals surface area contributed by atoms with E-state index in [1.807, 2.05) is 82.9 Å². The fourth-order valence-corrected chi connectivity index (χ4v) is 10.6. The Hall–Kier alpha value is -8.46. The summed E-state index contributed by atoms with van der Waals surface area (Å²) in [6, 6.07) is 38.6. The smallest absolute Gasteiger partial charge is 0.407 e. The van der Waals surface area contributed by atoms with Gasteiger partial charge < -0.3 is 44.9 Å². The van der Waals surface area contributed by atoms with Crippen LogP contribution in [0, 0.1) is 0 Å². The number of aromatic nitrogens is 5. The molecule has 4 atom stereocenters. The van der Waals surface area contributed by atoms with Crippen molar-refractivity contribution in [3.05, 3.63) is 156 Å². The zero-order valence-corrected chi connectivity index (χ0v) is 39.4. The number of H-pyrrole nitrogens is 3. The van der Waals surface area contributed by atoms with Crippen LogP contribution in [0.2, 0.25) is 0 Å². The fourth-order valence-electron chi connectivity index (χ4n) is 10.6. The van der Waals surface area contributed by atoms with Crippen LogP contribution in [0.5, 0.6) is 0 Å². The Morgan fingerprint density at radius 1 is 0.592 bits per heavy atom. The molecule has 358 valence electrons. The van der Waals surface area contributed by atoms with Crippen molar-refractivity contribution in [2.45, 2.75) is 62.7 Å². The number of likely N-dealkylation sites (tertiary alicyclic amines) is 2. The number of amides is 4. The van der Waals surface area contributed by atoms with E-state index in [1.54, 1.807) is 0 Å². The van der Waals surface area contributed by atoms with E-state index in [9.17, 15) is 19.2 Å². The number of benzene rings is 5. The van der Waals surface area contributed by atoms with E-state index < -0.39 is 24.3 Å². The first-order chi connectivity index (χ1) is 34.7. The number of alkyl carbamates (subject to hydrolysis) is 2. The molecule has 0 aliphatic carbocycles. The standard InChI is InChI=1S/C56H53N9O6/c1-70-55(68)62-48(29-38-31-57-42-11-5-3-9-40(38)42)53(66)64-25-7-13-50(64)45-24-21-35-19-20-36(27-46(35)59-45)33-15-17-34(18-16-33)37-22-23-44-47(28-37)61-52(60-44)51-14-8-26-65(51)54(67)49(63-56(69)71-2)30-39-32-58-43-12-6-4-10-41(39)43/h3-6,9-12,15-24,27-28,31-32,48-51,57-58H,7-8,13-14,25-26,29-30H2,1-2H3,(H,60,61)(H,62,68)(H,63,69). The molecule has 2 aliphatic heterocycles. The molecule has 71 heavy (non-hydrogen) atoms. The predicted molar refractivity (Wildman–Crippen MR) is 272 cm³/mol. The molecule has 4 unspecified atom stereocenters. The second-order valence-electron chi connectivity index (χ2n) is 18.5. The summed E-state index contributed by atoms with van der Waals surface area (Å²) < 4.78 is 9.88. The highest BCUT2D eigenvalue weighted by Crippen LogP contribution is 2.36. The summed E-state index contributed by atoms with van der Waals surface area (Å²) >= 11 is 0. The van der Waals surface area contributed by atoms with E-state index >= 15 is 0 Å². The van der Waals surface area contributed by atoms with Gasteiger partial charge in [0.15, 0.2) is 0 Å². The van der Waals surface area contributed by atoms with Crippen molar-refractivity contribution in [2.75, 3.05) is 27.3 Å². The molecule has 15 nitrogen and oxygen atoms in total. The summed E-state index contributed by atoms with van der Waals surface area (Å²) in [4.78, 5) is 77.6.